The minimum Gasteiger partial charge on any atom is -0.481 e. The molecule has 5 heteroatoms. The Morgan fingerprint density at radius 3 is 2.38 bits per heavy atom. The Balaban J connectivity index is 2.64. The minimum atomic E-state index is 0.636. The standard InChI is InChI=1S/C16H18Br2N2O/c1-20(2)15-6-4-5-11(13(15)9-17)12-7-8-16(21-3)19-14(12)10-18/h4-8H,9-10H2,1-3H3. The van der Waals surface area contributed by atoms with Gasteiger partial charge in [-0.2, -0.15) is 0 Å². The number of pyridine rings is 1. The van der Waals surface area contributed by atoms with E-state index in [2.05, 4.69) is 80.1 Å². The zero-order chi connectivity index (χ0) is 15.4. The second-order valence-corrected chi connectivity index (χ2v) is 5.93. The second kappa shape index (κ2) is 7.27. The molecule has 1 heterocycles. The van der Waals surface area contributed by atoms with Gasteiger partial charge in [0.05, 0.1) is 12.8 Å². The van der Waals surface area contributed by atoms with E-state index in [1.54, 1.807) is 7.11 Å². The van der Waals surface area contributed by atoms with Crippen LogP contribution < -0.4 is 9.64 Å². The van der Waals surface area contributed by atoms with E-state index in [0.717, 1.165) is 16.6 Å². The summed E-state index contributed by atoms with van der Waals surface area (Å²) >= 11 is 7.14. The third-order valence-electron chi connectivity index (χ3n) is 3.34. The van der Waals surface area contributed by atoms with Crippen LogP contribution in [0.5, 0.6) is 5.88 Å². The SMILES string of the molecule is COc1ccc(-c2cccc(N(C)C)c2CBr)c(CBr)n1. The average molecular weight is 414 g/mol. The number of nitrogens with zero attached hydrogens (tertiary/aromatic N) is 2. The van der Waals surface area contributed by atoms with Crippen LogP contribution >= 0.6 is 31.9 Å². The van der Waals surface area contributed by atoms with Crippen LogP contribution in [-0.4, -0.2) is 26.2 Å². The van der Waals surface area contributed by atoms with E-state index < -0.39 is 0 Å². The van der Waals surface area contributed by atoms with Crippen LogP contribution in [0.4, 0.5) is 5.69 Å². The Kier molecular flexibility index (Phi) is 5.65. The van der Waals surface area contributed by atoms with Crippen LogP contribution in [0.3, 0.4) is 0 Å². The maximum absolute atomic E-state index is 5.22. The molecule has 0 radical (unpaired) electrons. The summed E-state index contributed by atoms with van der Waals surface area (Å²) in [7, 11) is 5.75. The highest BCUT2D eigenvalue weighted by molar-refractivity contribution is 9.08. The van der Waals surface area contributed by atoms with Crippen molar-refractivity contribution in [2.75, 3.05) is 26.1 Å². The Morgan fingerprint density at radius 2 is 1.81 bits per heavy atom. The molecular weight excluding hydrogens is 396 g/mol. The van der Waals surface area contributed by atoms with E-state index in [0.29, 0.717) is 11.2 Å². The first-order valence-corrected chi connectivity index (χ1v) is 8.82. The Morgan fingerprint density at radius 1 is 1.05 bits per heavy atom. The summed E-state index contributed by atoms with van der Waals surface area (Å²) in [4.78, 5) is 6.67. The molecule has 0 amide bonds. The number of methoxy groups -OCH3 is 1. The van der Waals surface area contributed by atoms with Gasteiger partial charge in [-0.05, 0) is 23.3 Å². The van der Waals surface area contributed by atoms with Crippen LogP contribution in [0.2, 0.25) is 0 Å². The third kappa shape index (κ3) is 3.40. The average Bonchev–Trinajstić information content (AvgIpc) is 2.53. The molecule has 0 saturated carbocycles. The zero-order valence-electron chi connectivity index (χ0n) is 12.4. The van der Waals surface area contributed by atoms with Gasteiger partial charge < -0.3 is 9.64 Å². The Hall–Kier alpha value is -1.07. The van der Waals surface area contributed by atoms with Crippen molar-refractivity contribution >= 4 is 37.5 Å². The van der Waals surface area contributed by atoms with Gasteiger partial charge >= 0.3 is 0 Å². The van der Waals surface area contributed by atoms with E-state index in [1.807, 2.05) is 6.07 Å². The van der Waals surface area contributed by atoms with Crippen LogP contribution in [0, 0.1) is 0 Å². The zero-order valence-corrected chi connectivity index (χ0v) is 15.5. The summed E-state index contributed by atoms with van der Waals surface area (Å²) in [6, 6.07) is 10.3. The molecule has 21 heavy (non-hydrogen) atoms. The van der Waals surface area contributed by atoms with E-state index in [9.17, 15) is 0 Å². The van der Waals surface area contributed by atoms with E-state index in [1.165, 1.54) is 16.8 Å². The van der Waals surface area contributed by atoms with Crippen LogP contribution in [0.1, 0.15) is 11.3 Å². The van der Waals surface area contributed by atoms with Gasteiger partial charge in [-0.1, -0.05) is 44.0 Å². The molecule has 2 aromatic rings. The number of benzene rings is 1. The van der Waals surface area contributed by atoms with Crippen LogP contribution in [0.15, 0.2) is 30.3 Å². The molecule has 0 fully saturated rings. The molecule has 3 nitrogen and oxygen atoms in total. The maximum atomic E-state index is 5.22. The van der Waals surface area contributed by atoms with Crippen LogP contribution in [-0.2, 0) is 10.7 Å². The van der Waals surface area contributed by atoms with Crippen molar-refractivity contribution in [2.24, 2.45) is 0 Å². The normalized spacial score (nSPS) is 10.5. The van der Waals surface area contributed by atoms with Gasteiger partial charge in [0, 0.05) is 42.1 Å². The Bertz CT molecular complexity index is 630. The highest BCUT2D eigenvalue weighted by Crippen LogP contribution is 2.35. The summed E-state index contributed by atoms with van der Waals surface area (Å²) in [5.74, 6) is 0.636. The molecule has 2 rings (SSSR count). The molecule has 0 spiro atoms. The van der Waals surface area contributed by atoms with Crippen molar-refractivity contribution in [1.29, 1.82) is 0 Å². The van der Waals surface area contributed by atoms with Gasteiger partial charge in [0.25, 0.3) is 0 Å². The van der Waals surface area contributed by atoms with Gasteiger partial charge in [0.1, 0.15) is 0 Å². The van der Waals surface area contributed by atoms with E-state index in [-0.39, 0.29) is 0 Å². The highest BCUT2D eigenvalue weighted by Gasteiger charge is 2.14. The lowest BCUT2D eigenvalue weighted by molar-refractivity contribution is 0.397. The third-order valence-corrected chi connectivity index (χ3v) is 4.43. The first kappa shape index (κ1) is 16.3. The Labute approximate surface area is 142 Å². The summed E-state index contributed by atoms with van der Waals surface area (Å²) in [5.41, 5.74) is 5.78. The molecular formula is C16H18Br2N2O. The predicted molar refractivity (Wildman–Crippen MR) is 95.8 cm³/mol. The van der Waals surface area contributed by atoms with Crippen molar-refractivity contribution in [1.82, 2.24) is 4.98 Å². The lowest BCUT2D eigenvalue weighted by atomic mass is 9.98. The molecule has 112 valence electrons. The van der Waals surface area contributed by atoms with Crippen molar-refractivity contribution in [2.45, 2.75) is 10.7 Å². The molecule has 1 aromatic heterocycles. The van der Waals surface area contributed by atoms with E-state index in [4.69, 9.17) is 4.74 Å². The molecule has 0 atom stereocenters. The van der Waals surface area contributed by atoms with Crippen molar-refractivity contribution < 1.29 is 4.74 Å². The molecule has 0 saturated heterocycles. The summed E-state index contributed by atoms with van der Waals surface area (Å²) in [5, 5.41) is 1.48. The summed E-state index contributed by atoms with van der Waals surface area (Å²) in [6.07, 6.45) is 0. The number of hydrogen-bond acceptors (Lipinski definition) is 3. The smallest absolute Gasteiger partial charge is 0.213 e. The quantitative estimate of drug-likeness (QED) is 0.669. The molecule has 0 aliphatic heterocycles. The fraction of sp³-hybridized carbons (Fsp3) is 0.312. The van der Waals surface area contributed by atoms with Gasteiger partial charge in [0.2, 0.25) is 5.88 Å². The maximum Gasteiger partial charge on any atom is 0.213 e. The van der Waals surface area contributed by atoms with Crippen molar-refractivity contribution in [3.63, 3.8) is 0 Å². The fourth-order valence-electron chi connectivity index (χ4n) is 2.33. The first-order valence-electron chi connectivity index (χ1n) is 6.57. The van der Waals surface area contributed by atoms with Gasteiger partial charge in [-0.25, -0.2) is 4.98 Å². The molecule has 0 bridgehead atoms. The highest BCUT2D eigenvalue weighted by atomic mass is 79.9. The monoisotopic (exact) mass is 412 g/mol. The number of alkyl halides is 2. The minimum absolute atomic E-state index is 0.636. The number of aromatic nitrogens is 1. The lowest BCUT2D eigenvalue weighted by Gasteiger charge is -2.20. The largest absolute Gasteiger partial charge is 0.481 e. The number of halogens is 2. The van der Waals surface area contributed by atoms with Gasteiger partial charge in [-0.3, -0.25) is 0 Å². The molecule has 0 aliphatic rings. The predicted octanol–water partition coefficient (Wildman–Crippen LogP) is 4.61. The molecule has 0 N–H and O–H groups in total. The number of hydrogen-bond donors (Lipinski definition) is 0. The fourth-order valence-corrected chi connectivity index (χ4v) is 3.35. The summed E-state index contributed by atoms with van der Waals surface area (Å²) < 4.78 is 5.22. The topological polar surface area (TPSA) is 25.4 Å². The van der Waals surface area contributed by atoms with E-state index >= 15 is 0 Å². The van der Waals surface area contributed by atoms with Gasteiger partial charge in [-0.15, -0.1) is 0 Å². The summed E-state index contributed by atoms with van der Waals surface area (Å²) in [6.45, 7) is 0. The first-order chi connectivity index (χ1) is 10.1. The number of anilines is 1. The molecule has 0 unspecified atom stereocenters. The molecule has 1 aromatic carbocycles. The van der Waals surface area contributed by atoms with Crippen molar-refractivity contribution in [3.05, 3.63) is 41.6 Å². The molecule has 0 aliphatic carbocycles. The second-order valence-electron chi connectivity index (χ2n) is 4.81. The van der Waals surface area contributed by atoms with Crippen LogP contribution in [0.25, 0.3) is 11.1 Å². The van der Waals surface area contributed by atoms with Gasteiger partial charge in [0.15, 0.2) is 0 Å². The van der Waals surface area contributed by atoms with Crippen molar-refractivity contribution in [3.8, 4) is 17.0 Å². The number of rotatable bonds is 5. The lowest BCUT2D eigenvalue weighted by Crippen LogP contribution is -2.11. The number of ether oxygens (including phenoxy) is 1.